The second-order valence-electron chi connectivity index (χ2n) is 3.51. The summed E-state index contributed by atoms with van der Waals surface area (Å²) in [4.78, 5) is 11.4. The summed E-state index contributed by atoms with van der Waals surface area (Å²) in [6, 6.07) is 2.15. The van der Waals surface area contributed by atoms with Gasteiger partial charge < -0.3 is 10.6 Å². The Morgan fingerprint density at radius 1 is 1.47 bits per heavy atom. The number of hydrogen-bond donors (Lipinski definition) is 2. The Labute approximate surface area is 114 Å². The summed E-state index contributed by atoms with van der Waals surface area (Å²) in [6.45, 7) is 3.31. The van der Waals surface area contributed by atoms with Gasteiger partial charge in [0.15, 0.2) is 0 Å². The van der Waals surface area contributed by atoms with E-state index >= 15 is 0 Å². The van der Waals surface area contributed by atoms with Crippen molar-refractivity contribution >= 4 is 30.7 Å². The van der Waals surface area contributed by atoms with E-state index in [-0.39, 0.29) is 30.7 Å². The van der Waals surface area contributed by atoms with Gasteiger partial charge in [-0.3, -0.25) is 9.48 Å². The molecule has 1 rings (SSSR count). The SMILES string of the molecule is CNC(C)CNC(=O)CCn1cccn1.Cl.Cl. The minimum absolute atomic E-state index is 0. The number of amides is 1. The Morgan fingerprint density at radius 2 is 2.18 bits per heavy atom. The molecule has 0 aliphatic rings. The zero-order valence-corrected chi connectivity index (χ0v) is 11.7. The summed E-state index contributed by atoms with van der Waals surface area (Å²) in [5, 5.41) is 9.93. The predicted octanol–water partition coefficient (Wildman–Crippen LogP) is 0.841. The third-order valence-electron chi connectivity index (χ3n) is 2.23. The summed E-state index contributed by atoms with van der Waals surface area (Å²) in [5.74, 6) is 0.0626. The van der Waals surface area contributed by atoms with Gasteiger partial charge in [-0.2, -0.15) is 5.10 Å². The van der Waals surface area contributed by atoms with Gasteiger partial charge in [-0.05, 0) is 20.0 Å². The third-order valence-corrected chi connectivity index (χ3v) is 2.23. The van der Waals surface area contributed by atoms with Crippen LogP contribution in [0, 0.1) is 0 Å². The van der Waals surface area contributed by atoms with Crippen LogP contribution in [-0.4, -0.2) is 35.3 Å². The average molecular weight is 283 g/mol. The first-order valence-corrected chi connectivity index (χ1v) is 5.13. The summed E-state index contributed by atoms with van der Waals surface area (Å²) in [6.07, 6.45) is 4.03. The zero-order valence-electron chi connectivity index (χ0n) is 10.0. The molecule has 1 unspecified atom stereocenters. The van der Waals surface area contributed by atoms with Crippen molar-refractivity contribution in [3.63, 3.8) is 0 Å². The first-order chi connectivity index (χ1) is 7.22. The van der Waals surface area contributed by atoms with Crippen LogP contribution in [0.4, 0.5) is 0 Å². The maximum atomic E-state index is 11.4. The molecule has 0 radical (unpaired) electrons. The lowest BCUT2D eigenvalue weighted by molar-refractivity contribution is -0.121. The molecule has 2 N–H and O–H groups in total. The van der Waals surface area contributed by atoms with Crippen molar-refractivity contribution in [3.05, 3.63) is 18.5 Å². The highest BCUT2D eigenvalue weighted by Crippen LogP contribution is 1.89. The lowest BCUT2D eigenvalue weighted by atomic mass is 10.3. The summed E-state index contributed by atoms with van der Waals surface area (Å²) in [5.41, 5.74) is 0. The van der Waals surface area contributed by atoms with Gasteiger partial charge in [-0.1, -0.05) is 0 Å². The topological polar surface area (TPSA) is 58.9 Å². The fourth-order valence-electron chi connectivity index (χ4n) is 1.11. The standard InChI is InChI=1S/C10H18N4O.2ClH/c1-9(11-2)8-12-10(15)4-7-14-6-3-5-13-14;;/h3,5-6,9,11H,4,7-8H2,1-2H3,(H,12,15);2*1H. The number of carbonyl (C=O) groups is 1. The smallest absolute Gasteiger partial charge is 0.221 e. The van der Waals surface area contributed by atoms with Crippen LogP contribution in [0.2, 0.25) is 0 Å². The van der Waals surface area contributed by atoms with Crippen molar-refractivity contribution in [2.75, 3.05) is 13.6 Å². The van der Waals surface area contributed by atoms with Crippen LogP contribution in [0.15, 0.2) is 18.5 Å². The van der Waals surface area contributed by atoms with E-state index in [9.17, 15) is 4.79 Å². The summed E-state index contributed by atoms with van der Waals surface area (Å²) < 4.78 is 1.75. The average Bonchev–Trinajstić information content (AvgIpc) is 2.75. The quantitative estimate of drug-likeness (QED) is 0.813. The highest BCUT2D eigenvalue weighted by molar-refractivity contribution is 5.85. The van der Waals surface area contributed by atoms with Crippen molar-refractivity contribution in [2.45, 2.75) is 25.9 Å². The van der Waals surface area contributed by atoms with Gasteiger partial charge >= 0.3 is 0 Å². The van der Waals surface area contributed by atoms with Gasteiger partial charge in [-0.15, -0.1) is 24.8 Å². The van der Waals surface area contributed by atoms with Gasteiger partial charge in [0.25, 0.3) is 0 Å². The van der Waals surface area contributed by atoms with E-state index in [4.69, 9.17) is 0 Å². The van der Waals surface area contributed by atoms with Crippen LogP contribution in [0.1, 0.15) is 13.3 Å². The van der Waals surface area contributed by atoms with E-state index in [2.05, 4.69) is 15.7 Å². The summed E-state index contributed by atoms with van der Waals surface area (Å²) in [7, 11) is 1.88. The molecule has 17 heavy (non-hydrogen) atoms. The van der Waals surface area contributed by atoms with E-state index in [0.29, 0.717) is 25.6 Å². The fourth-order valence-corrected chi connectivity index (χ4v) is 1.11. The molecule has 5 nitrogen and oxygen atoms in total. The van der Waals surface area contributed by atoms with Crippen molar-refractivity contribution in [1.29, 1.82) is 0 Å². The minimum atomic E-state index is 0. The Hall–Kier alpha value is -0.780. The molecule has 1 aromatic heterocycles. The molecule has 0 saturated carbocycles. The lowest BCUT2D eigenvalue weighted by Crippen LogP contribution is -2.37. The van der Waals surface area contributed by atoms with Crippen LogP contribution in [-0.2, 0) is 11.3 Å². The van der Waals surface area contributed by atoms with Gasteiger partial charge in [-0.25, -0.2) is 0 Å². The van der Waals surface area contributed by atoms with E-state index < -0.39 is 0 Å². The normalized spacial score (nSPS) is 10.9. The van der Waals surface area contributed by atoms with Crippen LogP contribution in [0.25, 0.3) is 0 Å². The molecule has 0 aliphatic carbocycles. The molecule has 0 aliphatic heterocycles. The van der Waals surface area contributed by atoms with Crippen molar-refractivity contribution < 1.29 is 4.79 Å². The molecule has 1 heterocycles. The highest BCUT2D eigenvalue weighted by atomic mass is 35.5. The minimum Gasteiger partial charge on any atom is -0.354 e. The van der Waals surface area contributed by atoms with Crippen molar-refractivity contribution in [1.82, 2.24) is 20.4 Å². The van der Waals surface area contributed by atoms with Crippen LogP contribution < -0.4 is 10.6 Å². The first-order valence-electron chi connectivity index (χ1n) is 5.13. The van der Waals surface area contributed by atoms with Gasteiger partial charge in [0.2, 0.25) is 5.91 Å². The lowest BCUT2D eigenvalue weighted by Gasteiger charge is -2.11. The maximum Gasteiger partial charge on any atom is 0.221 e. The maximum absolute atomic E-state index is 11.4. The summed E-state index contributed by atoms with van der Waals surface area (Å²) >= 11 is 0. The second-order valence-corrected chi connectivity index (χ2v) is 3.51. The van der Waals surface area contributed by atoms with Crippen molar-refractivity contribution in [3.8, 4) is 0 Å². The number of nitrogens with one attached hydrogen (secondary N) is 2. The molecule has 1 amide bonds. The zero-order chi connectivity index (χ0) is 11.1. The highest BCUT2D eigenvalue weighted by Gasteiger charge is 2.03. The predicted molar refractivity (Wildman–Crippen MR) is 72.9 cm³/mol. The fraction of sp³-hybridized carbons (Fsp3) is 0.600. The van der Waals surface area contributed by atoms with E-state index in [1.54, 1.807) is 10.9 Å². The van der Waals surface area contributed by atoms with Crippen LogP contribution in [0.3, 0.4) is 0 Å². The number of halogens is 2. The number of aromatic nitrogens is 2. The van der Waals surface area contributed by atoms with Crippen molar-refractivity contribution in [2.24, 2.45) is 0 Å². The van der Waals surface area contributed by atoms with Gasteiger partial charge in [0.1, 0.15) is 0 Å². The number of aryl methyl sites for hydroxylation is 1. The molecule has 100 valence electrons. The Bertz CT molecular complexity index is 293. The molecule has 0 saturated heterocycles. The Balaban J connectivity index is 0. The molecule has 1 aromatic rings. The second kappa shape index (κ2) is 10.4. The monoisotopic (exact) mass is 282 g/mol. The first kappa shape index (κ1) is 18.6. The number of rotatable bonds is 6. The molecule has 1 atom stereocenters. The Kier molecular flexibility index (Phi) is 11.3. The Morgan fingerprint density at radius 3 is 2.71 bits per heavy atom. The molecule has 0 aromatic carbocycles. The molecular formula is C10H20Cl2N4O. The number of carbonyl (C=O) groups excluding carboxylic acids is 1. The molecule has 0 fully saturated rings. The molecule has 0 spiro atoms. The van der Waals surface area contributed by atoms with E-state index in [1.807, 2.05) is 26.2 Å². The van der Waals surface area contributed by atoms with E-state index in [0.717, 1.165) is 0 Å². The molecule has 7 heteroatoms. The molecule has 0 bridgehead atoms. The van der Waals surface area contributed by atoms with Crippen LogP contribution in [0.5, 0.6) is 0 Å². The van der Waals surface area contributed by atoms with E-state index in [1.165, 1.54) is 0 Å². The largest absolute Gasteiger partial charge is 0.354 e. The third kappa shape index (κ3) is 8.01. The van der Waals surface area contributed by atoms with Crippen LogP contribution >= 0.6 is 24.8 Å². The number of likely N-dealkylation sites (N-methyl/N-ethyl adjacent to an activating group) is 1. The number of hydrogen-bond acceptors (Lipinski definition) is 3. The number of nitrogens with zero attached hydrogens (tertiary/aromatic N) is 2. The molecular weight excluding hydrogens is 263 g/mol. The van der Waals surface area contributed by atoms with Gasteiger partial charge in [0, 0.05) is 37.9 Å². The van der Waals surface area contributed by atoms with Gasteiger partial charge in [0.05, 0.1) is 0 Å².